The van der Waals surface area contributed by atoms with Crippen molar-refractivity contribution in [3.05, 3.63) is 41.5 Å². The average molecular weight is 410 g/mol. The molecule has 1 unspecified atom stereocenters. The van der Waals surface area contributed by atoms with Crippen LogP contribution in [0.3, 0.4) is 0 Å². The molecule has 160 valence electrons. The van der Waals surface area contributed by atoms with Crippen LogP contribution in [-0.4, -0.2) is 60.0 Å². The number of hydrogen-bond donors (Lipinski definition) is 1. The zero-order valence-corrected chi connectivity index (χ0v) is 18.3. The van der Waals surface area contributed by atoms with Crippen LogP contribution in [0.15, 0.2) is 30.1 Å². The van der Waals surface area contributed by atoms with Crippen LogP contribution >= 0.6 is 0 Å². The van der Waals surface area contributed by atoms with Crippen molar-refractivity contribution >= 4 is 23.3 Å². The first-order valence-electron chi connectivity index (χ1n) is 10.7. The molecule has 3 heterocycles. The highest BCUT2D eigenvalue weighted by atomic mass is 16.5. The monoisotopic (exact) mass is 409 g/mol. The molecular formula is C23H31N5O2. The van der Waals surface area contributed by atoms with Gasteiger partial charge in [-0.3, -0.25) is 4.40 Å². The van der Waals surface area contributed by atoms with Gasteiger partial charge in [0, 0.05) is 43.4 Å². The summed E-state index contributed by atoms with van der Waals surface area (Å²) < 4.78 is 7.68. The Balaban J connectivity index is 1.88. The van der Waals surface area contributed by atoms with Crippen molar-refractivity contribution in [1.82, 2.24) is 19.7 Å². The molecule has 1 aliphatic carbocycles. The van der Waals surface area contributed by atoms with Crippen molar-refractivity contribution in [2.75, 3.05) is 38.3 Å². The molecule has 2 aromatic rings. The zero-order valence-electron chi connectivity index (χ0n) is 18.3. The smallest absolute Gasteiger partial charge is 0.181 e. The number of morpholine rings is 1. The number of aromatic nitrogens is 3. The minimum atomic E-state index is -0.136. The Morgan fingerprint density at radius 3 is 2.73 bits per heavy atom. The number of ether oxygens (including phenoxy) is 1. The molecule has 1 saturated heterocycles. The van der Waals surface area contributed by atoms with Crippen LogP contribution in [0.25, 0.3) is 11.2 Å². The lowest BCUT2D eigenvalue weighted by Gasteiger charge is -2.27. The summed E-state index contributed by atoms with van der Waals surface area (Å²) in [6, 6.07) is 0.196. The number of aldehydes is 1. The minimum absolute atomic E-state index is 0.136. The van der Waals surface area contributed by atoms with Gasteiger partial charge in [-0.25, -0.2) is 9.97 Å². The van der Waals surface area contributed by atoms with Gasteiger partial charge in [0.05, 0.1) is 24.6 Å². The van der Waals surface area contributed by atoms with Gasteiger partial charge in [-0.2, -0.15) is 0 Å². The highest BCUT2D eigenvalue weighted by Gasteiger charge is 2.29. The predicted octanol–water partition coefficient (Wildman–Crippen LogP) is 2.75. The molecule has 0 saturated carbocycles. The van der Waals surface area contributed by atoms with Gasteiger partial charge in [-0.15, -0.1) is 0 Å². The third-order valence-corrected chi connectivity index (χ3v) is 5.85. The van der Waals surface area contributed by atoms with Crippen molar-refractivity contribution in [2.24, 2.45) is 0 Å². The van der Waals surface area contributed by atoms with Crippen molar-refractivity contribution in [3.63, 3.8) is 0 Å². The molecule has 7 heteroatoms. The number of anilines is 1. The van der Waals surface area contributed by atoms with Crippen molar-refractivity contribution in [3.8, 4) is 0 Å². The Hall–Kier alpha value is -2.51. The van der Waals surface area contributed by atoms with E-state index in [0.29, 0.717) is 19.6 Å². The third kappa shape index (κ3) is 3.79. The van der Waals surface area contributed by atoms with Crippen molar-refractivity contribution < 1.29 is 9.53 Å². The lowest BCUT2D eigenvalue weighted by atomic mass is 9.85. The summed E-state index contributed by atoms with van der Waals surface area (Å²) in [6.45, 7) is 9.61. The number of imidazole rings is 1. The van der Waals surface area contributed by atoms with Crippen LogP contribution < -0.4 is 10.2 Å². The molecular weight excluding hydrogens is 378 g/mol. The van der Waals surface area contributed by atoms with Crippen LogP contribution in [0, 0.1) is 0 Å². The van der Waals surface area contributed by atoms with E-state index in [9.17, 15) is 4.79 Å². The molecule has 0 bridgehead atoms. The van der Waals surface area contributed by atoms with Gasteiger partial charge in [-0.05, 0) is 24.6 Å². The summed E-state index contributed by atoms with van der Waals surface area (Å²) >= 11 is 0. The molecule has 1 atom stereocenters. The van der Waals surface area contributed by atoms with E-state index in [-0.39, 0.29) is 11.5 Å². The van der Waals surface area contributed by atoms with Gasteiger partial charge in [0.2, 0.25) is 0 Å². The Morgan fingerprint density at radius 2 is 2.07 bits per heavy atom. The van der Waals surface area contributed by atoms with E-state index in [1.165, 1.54) is 0 Å². The number of fused-ring (bicyclic) bond motifs is 1. The van der Waals surface area contributed by atoms with E-state index >= 15 is 0 Å². The Bertz CT molecular complexity index is 993. The number of allylic oxidation sites excluding steroid dienone is 2. The fourth-order valence-corrected chi connectivity index (χ4v) is 4.28. The Kier molecular flexibility index (Phi) is 5.75. The highest BCUT2D eigenvalue weighted by Crippen LogP contribution is 2.36. The largest absolute Gasteiger partial charge is 0.378 e. The maximum atomic E-state index is 11.3. The lowest BCUT2D eigenvalue weighted by molar-refractivity contribution is -0.107. The van der Waals surface area contributed by atoms with Gasteiger partial charge in [0.25, 0.3) is 0 Å². The van der Waals surface area contributed by atoms with Crippen LogP contribution in [0.4, 0.5) is 5.82 Å². The van der Waals surface area contributed by atoms with Gasteiger partial charge in [-0.1, -0.05) is 32.9 Å². The van der Waals surface area contributed by atoms with Crippen LogP contribution in [0.2, 0.25) is 0 Å². The van der Waals surface area contributed by atoms with Gasteiger partial charge < -0.3 is 19.7 Å². The molecule has 0 amide bonds. The average Bonchev–Trinajstić information content (AvgIpc) is 3.15. The second kappa shape index (κ2) is 8.32. The van der Waals surface area contributed by atoms with E-state index in [2.05, 4.69) is 52.5 Å². The molecule has 2 aliphatic rings. The molecule has 0 radical (unpaired) electrons. The first-order chi connectivity index (χ1) is 14.4. The highest BCUT2D eigenvalue weighted by molar-refractivity contribution is 5.81. The number of nitrogens with one attached hydrogen (secondary N) is 1. The number of likely N-dealkylation sites (N-methyl/N-ethyl adjacent to an activating group) is 1. The lowest BCUT2D eigenvalue weighted by Crippen LogP contribution is -2.37. The number of hydrogen-bond acceptors (Lipinski definition) is 6. The van der Waals surface area contributed by atoms with E-state index < -0.39 is 0 Å². The van der Waals surface area contributed by atoms with E-state index in [1.807, 2.05) is 19.4 Å². The normalized spacial score (nSPS) is 20.3. The molecule has 1 aliphatic heterocycles. The molecule has 4 rings (SSSR count). The van der Waals surface area contributed by atoms with E-state index in [1.54, 1.807) is 0 Å². The second-order valence-corrected chi connectivity index (χ2v) is 8.93. The minimum Gasteiger partial charge on any atom is -0.378 e. The fourth-order valence-electron chi connectivity index (χ4n) is 4.28. The van der Waals surface area contributed by atoms with Gasteiger partial charge in [0.15, 0.2) is 11.5 Å². The molecule has 0 aromatic carbocycles. The number of nitrogens with zero attached hydrogens (tertiary/aromatic N) is 4. The Labute approximate surface area is 177 Å². The molecule has 2 aromatic heterocycles. The first-order valence-corrected chi connectivity index (χ1v) is 10.7. The summed E-state index contributed by atoms with van der Waals surface area (Å²) in [7, 11) is 1.94. The Morgan fingerprint density at radius 1 is 1.30 bits per heavy atom. The predicted molar refractivity (Wildman–Crippen MR) is 119 cm³/mol. The summed E-state index contributed by atoms with van der Waals surface area (Å²) in [5, 5.41) is 3.32. The third-order valence-electron chi connectivity index (χ3n) is 5.85. The topological polar surface area (TPSA) is 71.8 Å². The number of rotatable bonds is 5. The second-order valence-electron chi connectivity index (χ2n) is 8.93. The molecule has 1 fully saturated rings. The molecule has 30 heavy (non-hydrogen) atoms. The molecule has 1 N–H and O–H groups in total. The SMILES string of the molecule is CNC1CC=C(c2c(C(C)(C)C)nc3c(N4CCOCC4)nccn23)C=C1CC=O. The van der Waals surface area contributed by atoms with E-state index in [0.717, 1.165) is 59.8 Å². The van der Waals surface area contributed by atoms with Crippen molar-refractivity contribution in [2.45, 2.75) is 45.1 Å². The quantitative estimate of drug-likeness (QED) is 0.766. The van der Waals surface area contributed by atoms with Crippen LogP contribution in [0.5, 0.6) is 0 Å². The first kappa shape index (κ1) is 20.8. The fraction of sp³-hybridized carbons (Fsp3) is 0.522. The van der Waals surface area contributed by atoms with Gasteiger partial charge >= 0.3 is 0 Å². The van der Waals surface area contributed by atoms with E-state index in [4.69, 9.17) is 9.72 Å². The zero-order chi connectivity index (χ0) is 21.3. The molecule has 7 nitrogen and oxygen atoms in total. The van der Waals surface area contributed by atoms with Crippen LogP contribution in [0.1, 0.15) is 45.0 Å². The summed E-state index contributed by atoms with van der Waals surface area (Å²) in [5.41, 5.74) is 5.11. The number of carbonyl (C=O) groups is 1. The standard InChI is InChI=1S/C23H31N5O2/c1-23(2,3)20-19(17-5-6-18(24-4)16(15-17)7-12-29)28-9-8-25-21(22(28)26-20)27-10-13-30-14-11-27/h5,8-9,12,15,18,24H,6-7,10-11,13-14H2,1-4H3. The van der Waals surface area contributed by atoms with Gasteiger partial charge in [0.1, 0.15) is 6.29 Å². The summed E-state index contributed by atoms with van der Waals surface area (Å²) in [5.74, 6) is 0.902. The molecule has 0 spiro atoms. The van der Waals surface area contributed by atoms with Crippen LogP contribution in [-0.2, 0) is 14.9 Å². The summed E-state index contributed by atoms with van der Waals surface area (Å²) in [4.78, 5) is 23.3. The van der Waals surface area contributed by atoms with Crippen molar-refractivity contribution in [1.29, 1.82) is 0 Å². The summed E-state index contributed by atoms with van der Waals surface area (Å²) in [6.07, 6.45) is 10.5. The number of carbonyl (C=O) groups excluding carboxylic acids is 1. The maximum absolute atomic E-state index is 11.3. The maximum Gasteiger partial charge on any atom is 0.181 e.